The van der Waals surface area contributed by atoms with E-state index in [9.17, 15) is 58.8 Å². The summed E-state index contributed by atoms with van der Waals surface area (Å²) in [5, 5.41) is 45.7. The monoisotopic (exact) mass is 616 g/mol. The van der Waals surface area contributed by atoms with Gasteiger partial charge in [-0.1, -0.05) is 43.2 Å². The second kappa shape index (κ2) is 16.9. The first-order chi connectivity index (χ1) is 17.8. The fourth-order valence-corrected chi connectivity index (χ4v) is 7.06. The molecular formula is C18H24N4O12S4. The fraction of sp³-hybridized carbons (Fsp3) is 0.556. The number of rotatable bonds is 4. The summed E-state index contributed by atoms with van der Waals surface area (Å²) in [5.41, 5.74) is 0. The van der Waals surface area contributed by atoms with Gasteiger partial charge in [0.25, 0.3) is 0 Å². The van der Waals surface area contributed by atoms with E-state index in [1.54, 1.807) is 0 Å². The van der Waals surface area contributed by atoms with Crippen LogP contribution in [0.15, 0.2) is 0 Å². The molecule has 38 heavy (non-hydrogen) atoms. The molecule has 8 N–H and O–H groups in total. The third-order valence-corrected chi connectivity index (χ3v) is 9.12. The lowest BCUT2D eigenvalue weighted by Crippen LogP contribution is -2.47. The van der Waals surface area contributed by atoms with Crippen LogP contribution in [0.5, 0.6) is 0 Å². The van der Waals surface area contributed by atoms with Gasteiger partial charge in [0.15, 0.2) is 0 Å². The summed E-state index contributed by atoms with van der Waals surface area (Å²) < 4.78 is 0. The van der Waals surface area contributed by atoms with Crippen LogP contribution in [0.4, 0.5) is 0 Å². The van der Waals surface area contributed by atoms with E-state index < -0.39 is 84.5 Å². The first kappa shape index (κ1) is 33.2. The van der Waals surface area contributed by atoms with E-state index >= 15 is 0 Å². The Hall–Kier alpha value is -2.84. The molecular weight excluding hydrogens is 592 g/mol. The molecule has 1 rings (SSSR count). The predicted octanol–water partition coefficient (Wildman–Crippen LogP) is -2.18. The summed E-state index contributed by atoms with van der Waals surface area (Å²) in [6.07, 6.45) is -1.74. The van der Waals surface area contributed by atoms with Gasteiger partial charge in [-0.05, 0) is 0 Å². The van der Waals surface area contributed by atoms with Crippen molar-refractivity contribution in [1.29, 1.82) is 0 Å². The SMILES string of the molecule is O=C1CC(=O)N[C@H](C(=O)O)CSSC[C@@H](C(=O)O)NC(=O)CC(=O)N[C@H](C(=O)O)CSSC[C@@H](C(=O)O)N1. The lowest BCUT2D eigenvalue weighted by Gasteiger charge is -2.18. The van der Waals surface area contributed by atoms with Crippen molar-refractivity contribution in [3.63, 3.8) is 0 Å². The van der Waals surface area contributed by atoms with Crippen LogP contribution in [-0.4, -0.2) is 115 Å². The molecule has 0 saturated carbocycles. The van der Waals surface area contributed by atoms with Crippen molar-refractivity contribution < 1.29 is 58.8 Å². The summed E-state index contributed by atoms with van der Waals surface area (Å²) in [7, 11) is 3.43. The van der Waals surface area contributed by atoms with E-state index in [1.807, 2.05) is 0 Å². The van der Waals surface area contributed by atoms with Gasteiger partial charge in [-0.2, -0.15) is 0 Å². The highest BCUT2D eigenvalue weighted by molar-refractivity contribution is 8.77. The summed E-state index contributed by atoms with van der Waals surface area (Å²) in [4.78, 5) is 94.2. The Balaban J connectivity index is 3.01. The van der Waals surface area contributed by atoms with Crippen LogP contribution >= 0.6 is 43.2 Å². The zero-order valence-electron chi connectivity index (χ0n) is 19.2. The van der Waals surface area contributed by atoms with Crippen molar-refractivity contribution in [3.8, 4) is 0 Å². The molecule has 0 bridgehead atoms. The summed E-state index contributed by atoms with van der Waals surface area (Å²) in [5.74, 6) is -10.7. The van der Waals surface area contributed by atoms with E-state index in [1.165, 1.54) is 0 Å². The molecule has 1 aliphatic heterocycles. The molecule has 1 fully saturated rings. The highest BCUT2D eigenvalue weighted by atomic mass is 33.1. The van der Waals surface area contributed by atoms with Gasteiger partial charge in [0, 0.05) is 23.0 Å². The van der Waals surface area contributed by atoms with Crippen LogP contribution in [0, 0.1) is 0 Å². The molecule has 4 amide bonds. The lowest BCUT2D eigenvalue weighted by atomic mass is 10.2. The van der Waals surface area contributed by atoms with Gasteiger partial charge in [0.2, 0.25) is 23.6 Å². The van der Waals surface area contributed by atoms with E-state index in [0.29, 0.717) is 0 Å². The van der Waals surface area contributed by atoms with Crippen LogP contribution in [0.2, 0.25) is 0 Å². The lowest BCUT2D eigenvalue weighted by molar-refractivity contribution is -0.143. The smallest absolute Gasteiger partial charge is 0.327 e. The molecule has 1 heterocycles. The third kappa shape index (κ3) is 13.1. The normalized spacial score (nSPS) is 25.7. The van der Waals surface area contributed by atoms with E-state index in [4.69, 9.17) is 0 Å². The number of carbonyl (C=O) groups excluding carboxylic acids is 4. The molecule has 20 heteroatoms. The molecule has 0 aromatic rings. The molecule has 0 aromatic carbocycles. The number of aliphatic carboxylic acids is 4. The molecule has 0 radical (unpaired) electrons. The highest BCUT2D eigenvalue weighted by Gasteiger charge is 2.27. The molecule has 1 aliphatic rings. The average molecular weight is 617 g/mol. The molecule has 16 nitrogen and oxygen atoms in total. The number of amides is 4. The van der Waals surface area contributed by atoms with E-state index in [0.717, 1.165) is 43.2 Å². The topological polar surface area (TPSA) is 266 Å². The number of hydrogen-bond donors (Lipinski definition) is 8. The van der Waals surface area contributed by atoms with Gasteiger partial charge in [-0.3, -0.25) is 19.2 Å². The van der Waals surface area contributed by atoms with Crippen molar-refractivity contribution in [2.45, 2.75) is 37.0 Å². The molecule has 4 atom stereocenters. The minimum Gasteiger partial charge on any atom is -0.480 e. The Morgan fingerprint density at radius 1 is 0.474 bits per heavy atom. The highest BCUT2D eigenvalue weighted by Crippen LogP contribution is 2.24. The molecule has 0 aliphatic carbocycles. The Morgan fingerprint density at radius 2 is 0.658 bits per heavy atom. The second-order valence-corrected chi connectivity index (χ2v) is 12.4. The predicted molar refractivity (Wildman–Crippen MR) is 137 cm³/mol. The summed E-state index contributed by atoms with van der Waals surface area (Å²) >= 11 is 0. The number of carbonyl (C=O) groups is 8. The average Bonchev–Trinajstić information content (AvgIpc) is 2.79. The Kier molecular flexibility index (Phi) is 14.8. The number of carboxylic acid groups (broad SMARTS) is 4. The van der Waals surface area contributed by atoms with Gasteiger partial charge in [0.05, 0.1) is 0 Å². The van der Waals surface area contributed by atoms with Gasteiger partial charge >= 0.3 is 23.9 Å². The van der Waals surface area contributed by atoms with Crippen molar-refractivity contribution >= 4 is 90.7 Å². The van der Waals surface area contributed by atoms with Crippen molar-refractivity contribution in [2.75, 3.05) is 23.0 Å². The largest absolute Gasteiger partial charge is 0.480 e. The van der Waals surface area contributed by atoms with Crippen molar-refractivity contribution in [3.05, 3.63) is 0 Å². The first-order valence-corrected chi connectivity index (χ1v) is 15.3. The van der Waals surface area contributed by atoms with E-state index in [-0.39, 0.29) is 23.0 Å². The minimum absolute atomic E-state index is 0.252. The zero-order valence-corrected chi connectivity index (χ0v) is 22.5. The maximum atomic E-state index is 12.1. The van der Waals surface area contributed by atoms with Crippen LogP contribution < -0.4 is 21.3 Å². The Labute approximate surface area is 230 Å². The van der Waals surface area contributed by atoms with Gasteiger partial charge in [0.1, 0.15) is 37.0 Å². The van der Waals surface area contributed by atoms with Crippen molar-refractivity contribution in [1.82, 2.24) is 21.3 Å². The van der Waals surface area contributed by atoms with Crippen LogP contribution in [-0.2, 0) is 38.4 Å². The quantitative estimate of drug-likeness (QED) is 0.123. The fourth-order valence-electron chi connectivity index (χ4n) is 2.44. The molecule has 212 valence electrons. The van der Waals surface area contributed by atoms with Gasteiger partial charge in [-0.15, -0.1) is 0 Å². The van der Waals surface area contributed by atoms with Crippen molar-refractivity contribution in [2.24, 2.45) is 0 Å². The molecule has 0 unspecified atom stereocenters. The third-order valence-electron chi connectivity index (χ3n) is 4.28. The maximum absolute atomic E-state index is 12.1. The zero-order chi connectivity index (χ0) is 28.8. The Morgan fingerprint density at radius 3 is 0.816 bits per heavy atom. The maximum Gasteiger partial charge on any atom is 0.327 e. The molecule has 0 spiro atoms. The number of carboxylic acids is 4. The minimum atomic E-state index is -1.46. The summed E-state index contributed by atoms with van der Waals surface area (Å²) in [6.45, 7) is 0. The Bertz CT molecular complexity index is 806. The standard InChI is InChI=1S/C18H24N4O12S4/c23-11-1-12(24)20-8(16(29)30)4-36-38-6-10(18(33)34)22-14(26)2-13(25)21-9(17(31)32)5-37-35-3-7(19-11)15(27)28/h7-10H,1-6H2,(H,19,23)(H,20,24)(H,21,25)(H,22,26)(H,27,28)(H,29,30)(H,31,32)(H,33,34)/t7-,8-,9-,10-/m0/s1. The van der Waals surface area contributed by atoms with E-state index in [2.05, 4.69) is 21.3 Å². The van der Waals surface area contributed by atoms with Gasteiger partial charge < -0.3 is 41.7 Å². The van der Waals surface area contributed by atoms with Crippen LogP contribution in [0.3, 0.4) is 0 Å². The number of nitrogens with one attached hydrogen (secondary N) is 4. The van der Waals surface area contributed by atoms with Gasteiger partial charge in [-0.25, -0.2) is 19.2 Å². The van der Waals surface area contributed by atoms with Crippen LogP contribution in [0.1, 0.15) is 12.8 Å². The second-order valence-electron chi connectivity index (χ2n) is 7.32. The molecule has 1 saturated heterocycles. The number of hydrogen-bond acceptors (Lipinski definition) is 12. The summed E-state index contributed by atoms with van der Waals surface area (Å²) in [6, 6.07) is -5.85. The van der Waals surface area contributed by atoms with Crippen LogP contribution in [0.25, 0.3) is 0 Å². The molecule has 0 aromatic heterocycles. The first-order valence-electron chi connectivity index (χ1n) is 10.4.